The van der Waals surface area contributed by atoms with Crippen LogP contribution in [0.3, 0.4) is 0 Å². The van der Waals surface area contributed by atoms with Crippen LogP contribution in [0.2, 0.25) is 0 Å². The SMILES string of the molecule is O=C(NCc1cccs1)NC[C@H](O)c1ccsc1. The first kappa shape index (κ1) is 13.1. The topological polar surface area (TPSA) is 61.4 Å². The number of carbonyl (C=O) groups excluding carboxylic acids is 1. The summed E-state index contributed by atoms with van der Waals surface area (Å²) in [6.07, 6.45) is -0.649. The van der Waals surface area contributed by atoms with Gasteiger partial charge in [0.25, 0.3) is 0 Å². The Labute approximate surface area is 113 Å². The number of aliphatic hydroxyl groups is 1. The van der Waals surface area contributed by atoms with E-state index < -0.39 is 6.10 Å². The van der Waals surface area contributed by atoms with Gasteiger partial charge in [-0.25, -0.2) is 4.79 Å². The van der Waals surface area contributed by atoms with Crippen molar-refractivity contribution in [3.63, 3.8) is 0 Å². The molecule has 2 aromatic heterocycles. The minimum Gasteiger partial charge on any atom is -0.387 e. The fourth-order valence-electron chi connectivity index (χ4n) is 1.41. The standard InChI is InChI=1S/C12H14N2O2S2/c15-11(9-3-5-17-8-9)7-14-12(16)13-6-10-2-1-4-18-10/h1-5,8,11,15H,6-7H2,(H2,13,14,16)/t11-/m0/s1. The van der Waals surface area contributed by atoms with Gasteiger partial charge < -0.3 is 15.7 Å². The molecule has 0 spiro atoms. The second kappa shape index (κ2) is 6.53. The summed E-state index contributed by atoms with van der Waals surface area (Å²) < 4.78 is 0. The number of thiophene rings is 2. The molecule has 0 fully saturated rings. The summed E-state index contributed by atoms with van der Waals surface area (Å²) in [7, 11) is 0. The average molecular weight is 282 g/mol. The Bertz CT molecular complexity index is 468. The van der Waals surface area contributed by atoms with Crippen LogP contribution in [0.4, 0.5) is 4.79 Å². The minimum atomic E-state index is -0.649. The molecule has 2 aromatic rings. The second-order valence-electron chi connectivity index (χ2n) is 3.72. The van der Waals surface area contributed by atoms with E-state index in [-0.39, 0.29) is 12.6 Å². The fourth-order valence-corrected chi connectivity index (χ4v) is 2.77. The molecule has 0 bridgehead atoms. The lowest BCUT2D eigenvalue weighted by Crippen LogP contribution is -2.37. The fraction of sp³-hybridized carbons (Fsp3) is 0.250. The Balaban J connectivity index is 1.68. The van der Waals surface area contributed by atoms with Gasteiger partial charge in [0.15, 0.2) is 0 Å². The van der Waals surface area contributed by atoms with E-state index in [2.05, 4.69) is 10.6 Å². The van der Waals surface area contributed by atoms with E-state index in [9.17, 15) is 9.90 Å². The zero-order valence-corrected chi connectivity index (χ0v) is 11.3. The number of amides is 2. The van der Waals surface area contributed by atoms with Gasteiger partial charge in [-0.15, -0.1) is 11.3 Å². The quantitative estimate of drug-likeness (QED) is 0.788. The van der Waals surface area contributed by atoms with Crippen molar-refractivity contribution in [1.82, 2.24) is 10.6 Å². The van der Waals surface area contributed by atoms with Crippen molar-refractivity contribution in [3.8, 4) is 0 Å². The highest BCUT2D eigenvalue weighted by atomic mass is 32.1. The summed E-state index contributed by atoms with van der Waals surface area (Å²) in [5.41, 5.74) is 0.832. The van der Waals surface area contributed by atoms with Crippen LogP contribution < -0.4 is 10.6 Å². The molecule has 6 heteroatoms. The molecular formula is C12H14N2O2S2. The Kier molecular flexibility index (Phi) is 4.74. The van der Waals surface area contributed by atoms with Crippen LogP contribution in [0.15, 0.2) is 34.3 Å². The highest BCUT2D eigenvalue weighted by Gasteiger charge is 2.09. The summed E-state index contributed by atoms with van der Waals surface area (Å²) in [6, 6.07) is 5.49. The molecule has 0 radical (unpaired) electrons. The third kappa shape index (κ3) is 3.83. The first-order chi connectivity index (χ1) is 8.75. The Morgan fingerprint density at radius 3 is 2.89 bits per heavy atom. The maximum absolute atomic E-state index is 11.5. The Morgan fingerprint density at radius 2 is 2.22 bits per heavy atom. The van der Waals surface area contributed by atoms with Crippen molar-refractivity contribution in [2.24, 2.45) is 0 Å². The van der Waals surface area contributed by atoms with Crippen molar-refractivity contribution in [1.29, 1.82) is 0 Å². The molecule has 4 nitrogen and oxygen atoms in total. The summed E-state index contributed by atoms with van der Waals surface area (Å²) in [6.45, 7) is 0.727. The lowest BCUT2D eigenvalue weighted by Gasteiger charge is -2.11. The van der Waals surface area contributed by atoms with Crippen LogP contribution >= 0.6 is 22.7 Å². The summed E-state index contributed by atoms with van der Waals surface area (Å²) >= 11 is 3.12. The average Bonchev–Trinajstić information content (AvgIpc) is 3.05. The van der Waals surface area contributed by atoms with E-state index in [4.69, 9.17) is 0 Å². The number of carbonyl (C=O) groups is 1. The molecule has 0 aliphatic carbocycles. The van der Waals surface area contributed by atoms with Gasteiger partial charge in [0.1, 0.15) is 0 Å². The molecule has 96 valence electrons. The molecule has 0 saturated heterocycles. The number of rotatable bonds is 5. The molecule has 2 rings (SSSR count). The molecule has 0 aromatic carbocycles. The first-order valence-electron chi connectivity index (χ1n) is 5.50. The molecule has 0 aliphatic rings. The van der Waals surface area contributed by atoms with Gasteiger partial charge in [0, 0.05) is 11.4 Å². The molecule has 2 heterocycles. The Hall–Kier alpha value is -1.37. The summed E-state index contributed by atoms with van der Waals surface area (Å²) in [5.74, 6) is 0. The van der Waals surface area contributed by atoms with E-state index in [1.807, 2.05) is 34.3 Å². The molecule has 3 N–H and O–H groups in total. The molecule has 0 unspecified atom stereocenters. The first-order valence-corrected chi connectivity index (χ1v) is 7.32. The van der Waals surface area contributed by atoms with Gasteiger partial charge in [-0.2, -0.15) is 11.3 Å². The smallest absolute Gasteiger partial charge is 0.315 e. The van der Waals surface area contributed by atoms with Crippen LogP contribution in [0.1, 0.15) is 16.5 Å². The second-order valence-corrected chi connectivity index (χ2v) is 5.53. The molecule has 0 aliphatic heterocycles. The molecule has 1 atom stereocenters. The van der Waals surface area contributed by atoms with E-state index >= 15 is 0 Å². The number of aliphatic hydroxyl groups excluding tert-OH is 1. The van der Waals surface area contributed by atoms with E-state index in [0.717, 1.165) is 10.4 Å². The molecule has 2 amide bonds. The molecular weight excluding hydrogens is 268 g/mol. The number of hydrogen-bond acceptors (Lipinski definition) is 4. The van der Waals surface area contributed by atoms with Gasteiger partial charge in [0.2, 0.25) is 0 Å². The van der Waals surface area contributed by atoms with Crippen molar-refractivity contribution >= 4 is 28.7 Å². The minimum absolute atomic E-state index is 0.215. The van der Waals surface area contributed by atoms with Crippen molar-refractivity contribution < 1.29 is 9.90 Å². The van der Waals surface area contributed by atoms with Gasteiger partial charge >= 0.3 is 6.03 Å². The largest absolute Gasteiger partial charge is 0.387 e. The van der Waals surface area contributed by atoms with E-state index in [1.165, 1.54) is 11.3 Å². The third-order valence-corrected chi connectivity index (χ3v) is 3.97. The lowest BCUT2D eigenvalue weighted by atomic mass is 10.2. The maximum Gasteiger partial charge on any atom is 0.315 e. The predicted molar refractivity (Wildman–Crippen MR) is 73.8 cm³/mol. The summed E-state index contributed by atoms with van der Waals surface area (Å²) in [5, 5.41) is 20.9. The third-order valence-electron chi connectivity index (χ3n) is 2.39. The zero-order valence-electron chi connectivity index (χ0n) is 9.63. The Morgan fingerprint density at radius 1 is 1.33 bits per heavy atom. The van der Waals surface area contributed by atoms with Gasteiger partial charge in [-0.1, -0.05) is 6.07 Å². The van der Waals surface area contributed by atoms with Crippen LogP contribution in [0.5, 0.6) is 0 Å². The highest BCUT2D eigenvalue weighted by molar-refractivity contribution is 7.09. The van der Waals surface area contributed by atoms with E-state index in [0.29, 0.717) is 6.54 Å². The van der Waals surface area contributed by atoms with Gasteiger partial charge in [-0.3, -0.25) is 0 Å². The number of hydrogen-bond donors (Lipinski definition) is 3. The monoisotopic (exact) mass is 282 g/mol. The molecule has 0 saturated carbocycles. The highest BCUT2D eigenvalue weighted by Crippen LogP contribution is 2.14. The predicted octanol–water partition coefficient (Wildman–Crippen LogP) is 2.34. The summed E-state index contributed by atoms with van der Waals surface area (Å²) in [4.78, 5) is 12.6. The van der Waals surface area contributed by atoms with E-state index in [1.54, 1.807) is 11.3 Å². The van der Waals surface area contributed by atoms with Crippen LogP contribution in [-0.2, 0) is 6.54 Å². The number of nitrogens with one attached hydrogen (secondary N) is 2. The maximum atomic E-state index is 11.5. The van der Waals surface area contributed by atoms with Gasteiger partial charge in [-0.05, 0) is 33.8 Å². The van der Waals surface area contributed by atoms with Crippen molar-refractivity contribution in [2.75, 3.05) is 6.54 Å². The van der Waals surface area contributed by atoms with Crippen LogP contribution in [0.25, 0.3) is 0 Å². The zero-order chi connectivity index (χ0) is 12.8. The van der Waals surface area contributed by atoms with Gasteiger partial charge in [0.05, 0.1) is 12.6 Å². The van der Waals surface area contributed by atoms with Crippen molar-refractivity contribution in [3.05, 3.63) is 44.8 Å². The van der Waals surface area contributed by atoms with Crippen molar-refractivity contribution in [2.45, 2.75) is 12.6 Å². The van der Waals surface area contributed by atoms with Crippen LogP contribution in [-0.4, -0.2) is 17.7 Å². The lowest BCUT2D eigenvalue weighted by molar-refractivity contribution is 0.173. The normalized spacial score (nSPS) is 12.1. The molecule has 18 heavy (non-hydrogen) atoms. The number of urea groups is 1. The van der Waals surface area contributed by atoms with Crippen LogP contribution in [0, 0.1) is 0 Å².